The Morgan fingerprint density at radius 2 is 1.86 bits per heavy atom. The highest BCUT2D eigenvalue weighted by atomic mass is 127. The molecule has 0 saturated heterocycles. The van der Waals surface area contributed by atoms with Gasteiger partial charge >= 0.3 is 0 Å². The largest absolute Gasteiger partial charge is 0.490 e. The number of nitro groups is 1. The maximum Gasteiger partial charge on any atom is 0.271 e. The van der Waals surface area contributed by atoms with Crippen LogP contribution in [0.4, 0.5) is 11.4 Å². The van der Waals surface area contributed by atoms with E-state index in [0.717, 1.165) is 0 Å². The Labute approximate surface area is 214 Å². The van der Waals surface area contributed by atoms with E-state index in [9.17, 15) is 19.7 Å². The van der Waals surface area contributed by atoms with Crippen LogP contribution in [-0.2, 0) is 4.79 Å². The fourth-order valence-corrected chi connectivity index (χ4v) is 3.69. The van der Waals surface area contributed by atoms with E-state index < -0.39 is 10.8 Å². The quantitative estimate of drug-likeness (QED) is 0.156. The second-order valence-corrected chi connectivity index (χ2v) is 8.13. The van der Waals surface area contributed by atoms with E-state index in [1.165, 1.54) is 30.5 Å². The molecular formula is C24H21IN4O6. The summed E-state index contributed by atoms with van der Waals surface area (Å²) in [6.45, 7) is 1.98. The second-order valence-electron chi connectivity index (χ2n) is 6.97. The molecule has 3 aromatic rings. The number of halogens is 1. The number of ether oxygens (including phenoxy) is 2. The monoisotopic (exact) mass is 588 g/mol. The van der Waals surface area contributed by atoms with Crippen molar-refractivity contribution < 1.29 is 24.0 Å². The molecule has 0 fully saturated rings. The van der Waals surface area contributed by atoms with Crippen LogP contribution in [0.5, 0.6) is 11.5 Å². The highest BCUT2D eigenvalue weighted by Gasteiger charge is 2.14. The summed E-state index contributed by atoms with van der Waals surface area (Å²) in [5.41, 5.74) is 3.54. The number of benzene rings is 3. The zero-order valence-corrected chi connectivity index (χ0v) is 20.7. The average molecular weight is 588 g/mol. The molecular weight excluding hydrogens is 567 g/mol. The van der Waals surface area contributed by atoms with Crippen molar-refractivity contribution in [2.45, 2.75) is 6.92 Å². The summed E-state index contributed by atoms with van der Waals surface area (Å²) < 4.78 is 12.1. The molecule has 11 heteroatoms. The normalized spacial score (nSPS) is 10.6. The molecule has 2 amide bonds. The van der Waals surface area contributed by atoms with Gasteiger partial charge in [-0.1, -0.05) is 24.3 Å². The molecule has 0 spiro atoms. The number of hydrazone groups is 1. The molecule has 0 bridgehead atoms. The molecule has 180 valence electrons. The highest BCUT2D eigenvalue weighted by molar-refractivity contribution is 14.1. The van der Waals surface area contributed by atoms with Crippen LogP contribution in [0.2, 0.25) is 0 Å². The predicted molar refractivity (Wildman–Crippen MR) is 139 cm³/mol. The number of anilines is 1. The molecule has 0 aliphatic heterocycles. The van der Waals surface area contributed by atoms with Gasteiger partial charge in [-0.3, -0.25) is 19.7 Å². The molecule has 0 heterocycles. The number of nitrogens with zero attached hydrogens (tertiary/aromatic N) is 2. The maximum absolute atomic E-state index is 12.2. The van der Waals surface area contributed by atoms with Crippen LogP contribution in [-0.4, -0.2) is 36.2 Å². The number of amides is 2. The van der Waals surface area contributed by atoms with Crippen molar-refractivity contribution in [3.05, 3.63) is 91.5 Å². The Hall–Kier alpha value is -4.00. The Bertz CT molecular complexity index is 1250. The molecule has 0 aromatic heterocycles. The van der Waals surface area contributed by atoms with Gasteiger partial charge in [-0.05, 0) is 65.4 Å². The molecule has 0 radical (unpaired) electrons. The van der Waals surface area contributed by atoms with Gasteiger partial charge in [0.1, 0.15) is 0 Å². The molecule has 3 aromatic carbocycles. The standard InChI is InChI=1S/C24H21IN4O6/c1-2-34-21-12-16(14-26-28-24(31)17-7-6-10-19(13-17)29(32)33)11-20(25)23(21)35-15-22(30)27-18-8-4-3-5-9-18/h3-14H,2,15H2,1H3,(H,27,30)(H,28,31)/b26-14+. The topological polar surface area (TPSA) is 132 Å². The first-order chi connectivity index (χ1) is 16.9. The van der Waals surface area contributed by atoms with Crippen LogP contribution in [0.3, 0.4) is 0 Å². The number of hydrogen-bond donors (Lipinski definition) is 2. The molecule has 0 aliphatic carbocycles. The summed E-state index contributed by atoms with van der Waals surface area (Å²) in [5.74, 6) is -0.0789. The minimum absolute atomic E-state index is 0.110. The number of non-ortho nitro benzene ring substituents is 1. The van der Waals surface area contributed by atoms with E-state index in [4.69, 9.17) is 9.47 Å². The predicted octanol–water partition coefficient (Wildman–Crippen LogP) is 4.38. The number of carbonyl (C=O) groups excluding carboxylic acids is 2. The van der Waals surface area contributed by atoms with Crippen molar-refractivity contribution in [1.82, 2.24) is 5.43 Å². The van der Waals surface area contributed by atoms with E-state index in [-0.39, 0.29) is 23.8 Å². The molecule has 0 atom stereocenters. The number of carbonyl (C=O) groups is 2. The third-order valence-electron chi connectivity index (χ3n) is 4.44. The second kappa shape index (κ2) is 12.5. The lowest BCUT2D eigenvalue weighted by Crippen LogP contribution is -2.20. The summed E-state index contributed by atoms with van der Waals surface area (Å²) in [7, 11) is 0. The average Bonchev–Trinajstić information content (AvgIpc) is 2.84. The number of rotatable bonds is 10. The Kier molecular flexibility index (Phi) is 9.12. The van der Waals surface area contributed by atoms with Crippen molar-refractivity contribution in [2.24, 2.45) is 5.10 Å². The minimum atomic E-state index is -0.589. The lowest BCUT2D eigenvalue weighted by atomic mass is 10.2. The van der Waals surface area contributed by atoms with Crippen molar-refractivity contribution in [3.8, 4) is 11.5 Å². The summed E-state index contributed by atoms with van der Waals surface area (Å²) in [6, 6.07) is 17.8. The number of nitro benzene ring substituents is 1. The first-order valence-corrected chi connectivity index (χ1v) is 11.5. The van der Waals surface area contributed by atoms with Gasteiger partial charge in [-0.25, -0.2) is 5.43 Å². The van der Waals surface area contributed by atoms with E-state index in [1.54, 1.807) is 24.3 Å². The van der Waals surface area contributed by atoms with Crippen molar-refractivity contribution in [2.75, 3.05) is 18.5 Å². The Balaban J connectivity index is 1.67. The maximum atomic E-state index is 12.2. The van der Waals surface area contributed by atoms with Gasteiger partial charge in [0.15, 0.2) is 18.1 Å². The van der Waals surface area contributed by atoms with E-state index in [1.807, 2.05) is 25.1 Å². The summed E-state index contributed by atoms with van der Waals surface area (Å²) in [4.78, 5) is 34.8. The van der Waals surface area contributed by atoms with Crippen molar-refractivity contribution in [3.63, 3.8) is 0 Å². The Morgan fingerprint density at radius 3 is 2.57 bits per heavy atom. The highest BCUT2D eigenvalue weighted by Crippen LogP contribution is 2.34. The zero-order chi connectivity index (χ0) is 25.2. The van der Waals surface area contributed by atoms with Gasteiger partial charge < -0.3 is 14.8 Å². The summed E-state index contributed by atoms with van der Waals surface area (Å²) in [5, 5.41) is 17.6. The van der Waals surface area contributed by atoms with E-state index in [0.29, 0.717) is 32.9 Å². The van der Waals surface area contributed by atoms with Crippen LogP contribution in [0.15, 0.2) is 71.8 Å². The summed E-state index contributed by atoms with van der Waals surface area (Å²) >= 11 is 2.06. The molecule has 35 heavy (non-hydrogen) atoms. The van der Waals surface area contributed by atoms with Gasteiger partial charge in [-0.15, -0.1) is 0 Å². The van der Waals surface area contributed by atoms with Crippen molar-refractivity contribution >= 4 is 52.0 Å². The SMILES string of the molecule is CCOc1cc(/C=N/NC(=O)c2cccc([N+](=O)[O-])c2)cc(I)c1OCC(=O)Nc1ccccc1. The van der Waals surface area contributed by atoms with E-state index in [2.05, 4.69) is 38.4 Å². The van der Waals surface area contributed by atoms with Gasteiger partial charge in [0, 0.05) is 23.4 Å². The van der Waals surface area contributed by atoms with Gasteiger partial charge in [0.25, 0.3) is 17.5 Å². The third kappa shape index (κ3) is 7.50. The molecule has 0 aliphatic rings. The van der Waals surface area contributed by atoms with Gasteiger partial charge in [-0.2, -0.15) is 5.10 Å². The lowest BCUT2D eigenvalue weighted by Gasteiger charge is -2.14. The van der Waals surface area contributed by atoms with Crippen LogP contribution in [0, 0.1) is 13.7 Å². The number of hydrogen-bond acceptors (Lipinski definition) is 7. The molecule has 0 saturated carbocycles. The van der Waals surface area contributed by atoms with Crippen molar-refractivity contribution in [1.29, 1.82) is 0 Å². The molecule has 3 rings (SSSR count). The fraction of sp³-hybridized carbons (Fsp3) is 0.125. The summed E-state index contributed by atoms with van der Waals surface area (Å²) in [6.07, 6.45) is 1.41. The first kappa shape index (κ1) is 25.6. The Morgan fingerprint density at radius 1 is 1.09 bits per heavy atom. The first-order valence-electron chi connectivity index (χ1n) is 10.4. The van der Waals surface area contributed by atoms with Crippen LogP contribution in [0.25, 0.3) is 0 Å². The fourth-order valence-electron chi connectivity index (χ4n) is 2.91. The van der Waals surface area contributed by atoms with Gasteiger partial charge in [0.2, 0.25) is 0 Å². The number of para-hydroxylation sites is 1. The minimum Gasteiger partial charge on any atom is -0.490 e. The lowest BCUT2D eigenvalue weighted by molar-refractivity contribution is -0.384. The molecule has 2 N–H and O–H groups in total. The number of nitrogens with one attached hydrogen (secondary N) is 2. The smallest absolute Gasteiger partial charge is 0.271 e. The van der Waals surface area contributed by atoms with Gasteiger partial charge in [0.05, 0.1) is 21.3 Å². The third-order valence-corrected chi connectivity index (χ3v) is 5.24. The van der Waals surface area contributed by atoms with Crippen LogP contribution >= 0.6 is 22.6 Å². The molecule has 0 unspecified atom stereocenters. The van der Waals surface area contributed by atoms with Crippen LogP contribution < -0.4 is 20.2 Å². The van der Waals surface area contributed by atoms with E-state index >= 15 is 0 Å². The zero-order valence-electron chi connectivity index (χ0n) is 18.6. The van der Waals surface area contributed by atoms with Crippen LogP contribution in [0.1, 0.15) is 22.8 Å². The molecule has 10 nitrogen and oxygen atoms in total.